The molecule has 0 amide bonds. The van der Waals surface area contributed by atoms with Crippen molar-refractivity contribution in [3.63, 3.8) is 0 Å². The number of hydrogen-bond donors (Lipinski definition) is 1. The number of rotatable bonds is 3. The number of anilines is 1. The van der Waals surface area contributed by atoms with Crippen molar-refractivity contribution in [2.45, 2.75) is 13.5 Å². The average Bonchev–Trinajstić information content (AvgIpc) is 2.57. The monoisotopic (exact) mass is 253 g/mol. The predicted molar refractivity (Wildman–Crippen MR) is 64.4 cm³/mol. The van der Waals surface area contributed by atoms with Crippen molar-refractivity contribution in [2.75, 3.05) is 5.73 Å². The fourth-order valence-electron chi connectivity index (χ4n) is 1.63. The SMILES string of the molecule is Cc1nc(-c2ccc(OC(F)F)cc2)c(N)n1C. The smallest absolute Gasteiger partial charge is 0.387 e. The van der Waals surface area contributed by atoms with E-state index in [4.69, 9.17) is 5.73 Å². The Labute approximate surface area is 103 Å². The van der Waals surface area contributed by atoms with Gasteiger partial charge in [0.2, 0.25) is 0 Å². The topological polar surface area (TPSA) is 53.1 Å². The predicted octanol–water partition coefficient (Wildman–Crippen LogP) is 2.58. The van der Waals surface area contributed by atoms with E-state index in [9.17, 15) is 8.78 Å². The van der Waals surface area contributed by atoms with Crippen LogP contribution in [0.5, 0.6) is 5.75 Å². The maximum absolute atomic E-state index is 12.0. The van der Waals surface area contributed by atoms with Gasteiger partial charge in [0.25, 0.3) is 0 Å². The molecule has 2 N–H and O–H groups in total. The number of nitrogen functional groups attached to an aromatic ring is 1. The van der Waals surface area contributed by atoms with Gasteiger partial charge in [-0.2, -0.15) is 8.78 Å². The Morgan fingerprint density at radius 3 is 2.33 bits per heavy atom. The number of aromatic nitrogens is 2. The van der Waals surface area contributed by atoms with Crippen LogP contribution in [0.25, 0.3) is 11.3 Å². The van der Waals surface area contributed by atoms with Crippen LogP contribution >= 0.6 is 0 Å². The van der Waals surface area contributed by atoms with Crippen LogP contribution in [0.3, 0.4) is 0 Å². The van der Waals surface area contributed by atoms with Crippen LogP contribution in [0.2, 0.25) is 0 Å². The van der Waals surface area contributed by atoms with Crippen molar-refractivity contribution in [1.29, 1.82) is 0 Å². The Kier molecular flexibility index (Phi) is 3.18. The van der Waals surface area contributed by atoms with Crippen LogP contribution < -0.4 is 10.5 Å². The van der Waals surface area contributed by atoms with Crippen molar-refractivity contribution in [3.8, 4) is 17.0 Å². The molecule has 6 heteroatoms. The number of nitrogens with zero attached hydrogens (tertiary/aromatic N) is 2. The fourth-order valence-corrected chi connectivity index (χ4v) is 1.63. The van der Waals surface area contributed by atoms with Crippen molar-refractivity contribution in [3.05, 3.63) is 30.1 Å². The Morgan fingerprint density at radius 1 is 1.28 bits per heavy atom. The highest BCUT2D eigenvalue weighted by Crippen LogP contribution is 2.27. The van der Waals surface area contributed by atoms with E-state index >= 15 is 0 Å². The molecule has 0 aliphatic carbocycles. The maximum Gasteiger partial charge on any atom is 0.387 e. The molecule has 18 heavy (non-hydrogen) atoms. The molecule has 0 saturated heterocycles. The van der Waals surface area contributed by atoms with Gasteiger partial charge in [-0.3, -0.25) is 0 Å². The summed E-state index contributed by atoms with van der Waals surface area (Å²) in [6.45, 7) is -0.980. The minimum absolute atomic E-state index is 0.111. The molecule has 96 valence electrons. The molecule has 1 aromatic carbocycles. The van der Waals surface area contributed by atoms with Gasteiger partial charge in [-0.15, -0.1) is 0 Å². The molecule has 0 aliphatic heterocycles. The van der Waals surface area contributed by atoms with Crippen molar-refractivity contribution < 1.29 is 13.5 Å². The lowest BCUT2D eigenvalue weighted by atomic mass is 10.1. The third-order valence-electron chi connectivity index (χ3n) is 2.72. The number of aryl methyl sites for hydroxylation is 1. The van der Waals surface area contributed by atoms with Gasteiger partial charge in [-0.1, -0.05) is 0 Å². The highest BCUT2D eigenvalue weighted by Gasteiger charge is 2.11. The first kappa shape index (κ1) is 12.3. The van der Waals surface area contributed by atoms with E-state index in [1.807, 2.05) is 14.0 Å². The Bertz CT molecular complexity index is 549. The normalized spacial score (nSPS) is 10.9. The van der Waals surface area contributed by atoms with Gasteiger partial charge in [0.1, 0.15) is 23.1 Å². The van der Waals surface area contributed by atoms with E-state index in [-0.39, 0.29) is 5.75 Å². The average molecular weight is 253 g/mol. The number of hydrogen-bond acceptors (Lipinski definition) is 3. The van der Waals surface area contributed by atoms with Gasteiger partial charge in [0, 0.05) is 12.6 Å². The van der Waals surface area contributed by atoms with E-state index in [1.165, 1.54) is 12.1 Å². The van der Waals surface area contributed by atoms with Crippen LogP contribution in [0.15, 0.2) is 24.3 Å². The van der Waals surface area contributed by atoms with E-state index < -0.39 is 6.61 Å². The van der Waals surface area contributed by atoms with Crippen LogP contribution in [-0.2, 0) is 7.05 Å². The van der Waals surface area contributed by atoms with E-state index in [0.29, 0.717) is 11.5 Å². The third kappa shape index (κ3) is 2.27. The number of alkyl halides is 2. The third-order valence-corrected chi connectivity index (χ3v) is 2.72. The van der Waals surface area contributed by atoms with Crippen molar-refractivity contribution in [1.82, 2.24) is 9.55 Å². The number of benzene rings is 1. The Balaban J connectivity index is 2.31. The van der Waals surface area contributed by atoms with Gasteiger partial charge in [0.15, 0.2) is 0 Å². The first-order chi connectivity index (χ1) is 8.49. The van der Waals surface area contributed by atoms with Gasteiger partial charge < -0.3 is 15.0 Å². The largest absolute Gasteiger partial charge is 0.435 e. The standard InChI is InChI=1S/C12H13F2N3O/c1-7-16-10(11(15)17(7)2)8-3-5-9(6-4-8)18-12(13)14/h3-6,12H,15H2,1-2H3. The van der Waals surface area contributed by atoms with Gasteiger partial charge >= 0.3 is 6.61 Å². The summed E-state index contributed by atoms with van der Waals surface area (Å²) in [7, 11) is 1.81. The Morgan fingerprint density at radius 2 is 1.89 bits per heavy atom. The zero-order valence-corrected chi connectivity index (χ0v) is 10.0. The second-order valence-corrected chi connectivity index (χ2v) is 3.85. The summed E-state index contributed by atoms with van der Waals surface area (Å²) in [5.41, 5.74) is 7.30. The number of ether oxygens (including phenoxy) is 1. The van der Waals surface area contributed by atoms with E-state index in [2.05, 4.69) is 9.72 Å². The molecule has 0 atom stereocenters. The van der Waals surface area contributed by atoms with Gasteiger partial charge in [-0.05, 0) is 31.2 Å². The Hall–Kier alpha value is -2.11. The van der Waals surface area contributed by atoms with Crippen LogP contribution in [0, 0.1) is 6.92 Å². The zero-order valence-electron chi connectivity index (χ0n) is 10.0. The van der Waals surface area contributed by atoms with Crippen LogP contribution in [-0.4, -0.2) is 16.2 Å². The summed E-state index contributed by atoms with van der Waals surface area (Å²) in [6, 6.07) is 6.22. The molecular weight excluding hydrogens is 240 g/mol. The molecule has 0 bridgehead atoms. The highest BCUT2D eigenvalue weighted by atomic mass is 19.3. The summed E-state index contributed by atoms with van der Waals surface area (Å²) in [5.74, 6) is 1.44. The number of imidazole rings is 1. The second-order valence-electron chi connectivity index (χ2n) is 3.85. The molecule has 1 heterocycles. The zero-order chi connectivity index (χ0) is 13.3. The van der Waals surface area contributed by atoms with Gasteiger partial charge in [-0.25, -0.2) is 4.98 Å². The summed E-state index contributed by atoms with van der Waals surface area (Å²) in [5, 5.41) is 0. The molecule has 4 nitrogen and oxygen atoms in total. The van der Waals surface area contributed by atoms with E-state index in [0.717, 1.165) is 11.4 Å². The summed E-state index contributed by atoms with van der Waals surface area (Å²) < 4.78 is 30.0. The summed E-state index contributed by atoms with van der Waals surface area (Å²) >= 11 is 0. The molecule has 0 unspecified atom stereocenters. The number of halogens is 2. The first-order valence-electron chi connectivity index (χ1n) is 5.33. The quantitative estimate of drug-likeness (QED) is 0.914. The molecule has 0 radical (unpaired) electrons. The molecule has 0 spiro atoms. The molecule has 2 aromatic rings. The fraction of sp³-hybridized carbons (Fsp3) is 0.250. The molecular formula is C12H13F2N3O. The highest BCUT2D eigenvalue weighted by molar-refractivity contribution is 5.71. The lowest BCUT2D eigenvalue weighted by molar-refractivity contribution is -0.0498. The van der Waals surface area contributed by atoms with Crippen molar-refractivity contribution >= 4 is 5.82 Å². The minimum Gasteiger partial charge on any atom is -0.435 e. The van der Waals surface area contributed by atoms with Crippen LogP contribution in [0.1, 0.15) is 5.82 Å². The lowest BCUT2D eigenvalue weighted by Crippen LogP contribution is -2.01. The lowest BCUT2D eigenvalue weighted by Gasteiger charge is -2.05. The van der Waals surface area contributed by atoms with Crippen molar-refractivity contribution in [2.24, 2.45) is 7.05 Å². The molecule has 0 aliphatic rings. The summed E-state index contributed by atoms with van der Waals surface area (Å²) in [6.07, 6.45) is 0. The summed E-state index contributed by atoms with van der Waals surface area (Å²) in [4.78, 5) is 4.32. The maximum atomic E-state index is 12.0. The van der Waals surface area contributed by atoms with Crippen LogP contribution in [0.4, 0.5) is 14.6 Å². The molecule has 1 aromatic heterocycles. The minimum atomic E-state index is -2.82. The number of nitrogens with two attached hydrogens (primary N) is 1. The molecule has 0 saturated carbocycles. The van der Waals surface area contributed by atoms with E-state index in [1.54, 1.807) is 16.7 Å². The molecule has 2 rings (SSSR count). The van der Waals surface area contributed by atoms with Gasteiger partial charge in [0.05, 0.1) is 0 Å². The first-order valence-corrected chi connectivity index (χ1v) is 5.33. The second kappa shape index (κ2) is 4.64. The molecule has 0 fully saturated rings.